The van der Waals surface area contributed by atoms with Crippen molar-refractivity contribution in [1.82, 2.24) is 20.1 Å². The fourth-order valence-corrected chi connectivity index (χ4v) is 4.22. The summed E-state index contributed by atoms with van der Waals surface area (Å²) < 4.78 is 5.33. The van der Waals surface area contributed by atoms with Gasteiger partial charge in [0.1, 0.15) is 11.1 Å². The molecule has 2 unspecified atom stereocenters. The van der Waals surface area contributed by atoms with Gasteiger partial charge in [-0.05, 0) is 32.7 Å². The fraction of sp³-hybridized carbons (Fsp3) is 0.765. The number of carbonyl (C=O) groups excluding carboxylic acids is 1. The number of aromatic nitrogens is 1. The van der Waals surface area contributed by atoms with E-state index < -0.39 is 0 Å². The number of nitrogens with zero attached hydrogens (tertiary/aromatic N) is 3. The molecule has 10 heteroatoms. The minimum atomic E-state index is 0. The Morgan fingerprint density at radius 1 is 1.30 bits per heavy atom. The molecule has 1 aromatic heterocycles. The number of nitrogens with one attached hydrogen (secondary N) is 1. The Labute approximate surface area is 184 Å². The maximum atomic E-state index is 12.5. The largest absolute Gasteiger partial charge is 0.375 e. The van der Waals surface area contributed by atoms with E-state index in [1.807, 2.05) is 11.8 Å². The molecule has 1 amide bonds. The zero-order valence-corrected chi connectivity index (χ0v) is 19.2. The van der Waals surface area contributed by atoms with E-state index in [0.29, 0.717) is 5.91 Å². The highest BCUT2D eigenvalue weighted by molar-refractivity contribution is 7.09. The SMILES string of the molecule is COC(C)c1nc(CN2CCCN(C(=O)C3CCCN3)CC2)cs1.Cl.Cl.Cl. The normalized spacial score (nSPS) is 21.4. The van der Waals surface area contributed by atoms with Gasteiger partial charge in [0.15, 0.2) is 0 Å². The molecule has 0 radical (unpaired) electrons. The molecule has 158 valence electrons. The Kier molecular flexibility index (Phi) is 13.1. The number of methoxy groups -OCH3 is 1. The summed E-state index contributed by atoms with van der Waals surface area (Å²) >= 11 is 1.66. The van der Waals surface area contributed by atoms with Crippen LogP contribution in [0.3, 0.4) is 0 Å². The molecule has 0 aliphatic carbocycles. The Bertz CT molecular complexity index is 558. The van der Waals surface area contributed by atoms with Gasteiger partial charge in [0.25, 0.3) is 0 Å². The predicted octanol–water partition coefficient (Wildman–Crippen LogP) is 2.90. The predicted molar refractivity (Wildman–Crippen MR) is 117 cm³/mol. The van der Waals surface area contributed by atoms with E-state index in [1.54, 1.807) is 18.4 Å². The summed E-state index contributed by atoms with van der Waals surface area (Å²) in [5, 5.41) is 6.48. The highest BCUT2D eigenvalue weighted by Gasteiger charge is 2.28. The van der Waals surface area contributed by atoms with Crippen LogP contribution in [0, 0.1) is 0 Å². The Balaban J connectivity index is 0.00000225. The van der Waals surface area contributed by atoms with E-state index >= 15 is 0 Å². The first-order valence-electron chi connectivity index (χ1n) is 8.89. The summed E-state index contributed by atoms with van der Waals surface area (Å²) in [5.41, 5.74) is 1.11. The van der Waals surface area contributed by atoms with Crippen molar-refractivity contribution in [2.45, 2.75) is 44.9 Å². The molecule has 2 aliphatic rings. The van der Waals surface area contributed by atoms with Gasteiger partial charge in [-0.15, -0.1) is 48.6 Å². The van der Waals surface area contributed by atoms with Crippen LogP contribution in [0.5, 0.6) is 0 Å². The summed E-state index contributed by atoms with van der Waals surface area (Å²) in [6, 6.07) is 0.0492. The summed E-state index contributed by atoms with van der Waals surface area (Å²) in [6.45, 7) is 7.49. The zero-order chi connectivity index (χ0) is 16.9. The smallest absolute Gasteiger partial charge is 0.239 e. The van der Waals surface area contributed by atoms with Crippen molar-refractivity contribution < 1.29 is 9.53 Å². The van der Waals surface area contributed by atoms with Crippen molar-refractivity contribution in [3.63, 3.8) is 0 Å². The fourth-order valence-electron chi connectivity index (χ4n) is 3.38. The van der Waals surface area contributed by atoms with Crippen LogP contribution in [0.4, 0.5) is 0 Å². The number of carbonyl (C=O) groups is 1. The minimum absolute atomic E-state index is 0. The lowest BCUT2D eigenvalue weighted by Gasteiger charge is -2.24. The van der Waals surface area contributed by atoms with Gasteiger partial charge in [0.2, 0.25) is 5.91 Å². The van der Waals surface area contributed by atoms with Crippen LogP contribution in [0.25, 0.3) is 0 Å². The second-order valence-electron chi connectivity index (χ2n) is 6.66. The van der Waals surface area contributed by atoms with E-state index in [1.165, 1.54) is 0 Å². The molecule has 1 N–H and O–H groups in total. The van der Waals surface area contributed by atoms with E-state index in [2.05, 4.69) is 20.6 Å². The monoisotopic (exact) mass is 460 g/mol. The summed E-state index contributed by atoms with van der Waals surface area (Å²) in [4.78, 5) is 21.7. The van der Waals surface area contributed by atoms with Crippen LogP contribution >= 0.6 is 48.6 Å². The first kappa shape index (κ1) is 26.9. The van der Waals surface area contributed by atoms with Crippen molar-refractivity contribution in [3.05, 3.63) is 16.1 Å². The molecule has 2 aliphatic heterocycles. The Morgan fingerprint density at radius 3 is 2.74 bits per heavy atom. The third-order valence-corrected chi connectivity index (χ3v) is 5.97. The Hall–Kier alpha value is -0.150. The zero-order valence-electron chi connectivity index (χ0n) is 15.9. The van der Waals surface area contributed by atoms with Gasteiger partial charge in [-0.3, -0.25) is 9.69 Å². The van der Waals surface area contributed by atoms with E-state index in [9.17, 15) is 4.79 Å². The van der Waals surface area contributed by atoms with Gasteiger partial charge >= 0.3 is 0 Å². The van der Waals surface area contributed by atoms with E-state index in [0.717, 1.165) is 69.2 Å². The molecule has 0 saturated carbocycles. The summed E-state index contributed by atoms with van der Waals surface area (Å²) in [5.74, 6) is 0.291. The minimum Gasteiger partial charge on any atom is -0.375 e. The van der Waals surface area contributed by atoms with Crippen molar-refractivity contribution in [3.8, 4) is 0 Å². The molecule has 27 heavy (non-hydrogen) atoms. The number of thiazole rings is 1. The highest BCUT2D eigenvalue weighted by Crippen LogP contribution is 2.21. The lowest BCUT2D eigenvalue weighted by molar-refractivity contribution is -0.132. The second-order valence-corrected chi connectivity index (χ2v) is 7.55. The van der Waals surface area contributed by atoms with Gasteiger partial charge in [-0.25, -0.2) is 4.98 Å². The van der Waals surface area contributed by atoms with Crippen LogP contribution in [0.15, 0.2) is 5.38 Å². The molecule has 2 saturated heterocycles. The summed E-state index contributed by atoms with van der Waals surface area (Å²) in [7, 11) is 1.71. The molecule has 0 spiro atoms. The number of halogens is 3. The third-order valence-electron chi connectivity index (χ3n) is 4.92. The molecule has 3 heterocycles. The van der Waals surface area contributed by atoms with Crippen LogP contribution < -0.4 is 5.32 Å². The maximum Gasteiger partial charge on any atom is 0.239 e. The van der Waals surface area contributed by atoms with Gasteiger partial charge in [-0.1, -0.05) is 0 Å². The molecule has 0 bridgehead atoms. The number of hydrogen-bond acceptors (Lipinski definition) is 6. The van der Waals surface area contributed by atoms with Crippen molar-refractivity contribution in [2.24, 2.45) is 0 Å². The van der Waals surface area contributed by atoms with Crippen molar-refractivity contribution in [1.29, 1.82) is 0 Å². The van der Waals surface area contributed by atoms with Gasteiger partial charge in [-0.2, -0.15) is 0 Å². The molecule has 1 aromatic rings. The molecule has 2 atom stereocenters. The van der Waals surface area contributed by atoms with Gasteiger partial charge in [0.05, 0.1) is 11.7 Å². The third kappa shape index (κ3) is 7.31. The molecule has 6 nitrogen and oxygen atoms in total. The topological polar surface area (TPSA) is 57.7 Å². The summed E-state index contributed by atoms with van der Waals surface area (Å²) in [6.07, 6.45) is 3.19. The first-order valence-corrected chi connectivity index (χ1v) is 9.77. The average Bonchev–Trinajstić information content (AvgIpc) is 3.23. The van der Waals surface area contributed by atoms with Gasteiger partial charge < -0.3 is 15.0 Å². The molecular weight excluding hydrogens is 431 g/mol. The van der Waals surface area contributed by atoms with E-state index in [-0.39, 0.29) is 49.4 Å². The number of amides is 1. The van der Waals surface area contributed by atoms with Gasteiger partial charge in [0, 0.05) is 45.2 Å². The van der Waals surface area contributed by atoms with E-state index in [4.69, 9.17) is 4.74 Å². The van der Waals surface area contributed by atoms with Crippen LogP contribution in [0.2, 0.25) is 0 Å². The lowest BCUT2D eigenvalue weighted by atomic mass is 10.2. The van der Waals surface area contributed by atoms with Crippen molar-refractivity contribution >= 4 is 54.5 Å². The average molecular weight is 462 g/mol. The number of ether oxygens (including phenoxy) is 1. The highest BCUT2D eigenvalue weighted by atomic mass is 35.5. The maximum absolute atomic E-state index is 12.5. The lowest BCUT2D eigenvalue weighted by Crippen LogP contribution is -2.45. The Morgan fingerprint density at radius 2 is 2.07 bits per heavy atom. The quantitative estimate of drug-likeness (QED) is 0.730. The second kappa shape index (κ2) is 13.1. The first-order chi connectivity index (χ1) is 11.7. The standard InChI is InChI=1S/C17H28N4O2S.3ClH/c1-13(23-2)16-19-14(12-24-16)11-20-7-4-8-21(10-9-20)17(22)15-5-3-6-18-15;;;/h12-13,15,18H,3-11H2,1-2H3;3*1H. The van der Waals surface area contributed by atoms with Crippen LogP contribution in [0.1, 0.15) is 43.0 Å². The van der Waals surface area contributed by atoms with Crippen LogP contribution in [-0.2, 0) is 16.1 Å². The number of rotatable bonds is 5. The van der Waals surface area contributed by atoms with Crippen LogP contribution in [-0.4, -0.2) is 66.6 Å². The molecule has 3 rings (SSSR count). The molecule has 0 aromatic carbocycles. The molecular formula is C17H31Cl3N4O2S. The number of hydrogen-bond donors (Lipinski definition) is 1. The molecule has 2 fully saturated rings. The van der Waals surface area contributed by atoms with Crippen molar-refractivity contribution in [2.75, 3.05) is 39.8 Å².